The van der Waals surface area contributed by atoms with Gasteiger partial charge in [0.15, 0.2) is 5.78 Å². The maximum absolute atomic E-state index is 14.3. The van der Waals surface area contributed by atoms with Crippen LogP contribution in [0.5, 0.6) is 0 Å². The number of hydrogen-bond donors (Lipinski definition) is 1. The lowest BCUT2D eigenvalue weighted by Crippen LogP contribution is -2.51. The number of piperidine rings is 1. The van der Waals surface area contributed by atoms with Gasteiger partial charge in [-0.05, 0) is 53.3 Å². The third-order valence-electron chi connectivity index (χ3n) is 11.0. The average Bonchev–Trinajstić information content (AvgIpc) is 3.72. The molecule has 0 spiro atoms. The van der Waals surface area contributed by atoms with E-state index in [0.717, 1.165) is 32.1 Å². The van der Waals surface area contributed by atoms with Crippen molar-refractivity contribution in [2.45, 2.75) is 111 Å². The smallest absolute Gasteiger partial charge is 0.285 e. The minimum atomic E-state index is -3.29. The predicted octanol–water partition coefficient (Wildman–Crippen LogP) is 3.91. The van der Waals surface area contributed by atoms with Gasteiger partial charge < -0.3 is 10.6 Å². The molecule has 4 rings (SSSR count). The standard InChI is InChI=1S/C33H52N2O7S/c1-31(2,3)23(16-22(36)17-33(19-43(6,41)42)12-8-7-9-13-33)30(40)35-18-24-26(32(24,4)5)27(35)25(37)15-21(14-20-10-11-20)28(38)29(34)39/h20-21,23-24,26-27H,7-19H2,1-6H3,(H2,34,39)/t21?,23-,24?,26+,27-/m1/s1. The number of likely N-dealkylation sites (tertiary alicyclic amines) is 1. The second kappa shape index (κ2) is 12.0. The van der Waals surface area contributed by atoms with Gasteiger partial charge in [0.1, 0.15) is 15.6 Å². The van der Waals surface area contributed by atoms with Crippen LogP contribution in [0.25, 0.3) is 0 Å². The number of sulfone groups is 1. The van der Waals surface area contributed by atoms with Gasteiger partial charge in [0.2, 0.25) is 11.7 Å². The van der Waals surface area contributed by atoms with Crippen molar-refractivity contribution in [2.75, 3.05) is 18.6 Å². The van der Waals surface area contributed by atoms with Gasteiger partial charge in [-0.3, -0.25) is 24.0 Å². The molecule has 242 valence electrons. The van der Waals surface area contributed by atoms with E-state index in [-0.39, 0.29) is 59.7 Å². The molecule has 4 aliphatic rings. The molecule has 0 aromatic carbocycles. The second-order valence-electron chi connectivity index (χ2n) is 16.1. The molecule has 0 aromatic rings. The van der Waals surface area contributed by atoms with Crippen LogP contribution in [0, 0.1) is 45.8 Å². The van der Waals surface area contributed by atoms with Crippen LogP contribution in [-0.4, -0.2) is 67.1 Å². The first kappa shape index (κ1) is 33.8. The third kappa shape index (κ3) is 7.77. The summed E-state index contributed by atoms with van der Waals surface area (Å²) in [7, 11) is -3.29. The van der Waals surface area contributed by atoms with Crippen molar-refractivity contribution in [1.29, 1.82) is 0 Å². The molecule has 9 nitrogen and oxygen atoms in total. The largest absolute Gasteiger partial charge is 0.363 e. The molecule has 0 aromatic heterocycles. The Morgan fingerprint density at radius 2 is 1.58 bits per heavy atom. The molecule has 1 aliphatic heterocycles. The molecule has 43 heavy (non-hydrogen) atoms. The van der Waals surface area contributed by atoms with E-state index in [1.807, 2.05) is 20.8 Å². The Morgan fingerprint density at radius 3 is 2.09 bits per heavy atom. The van der Waals surface area contributed by atoms with Gasteiger partial charge in [-0.1, -0.05) is 66.7 Å². The van der Waals surface area contributed by atoms with Gasteiger partial charge in [0, 0.05) is 43.9 Å². The first-order valence-corrected chi connectivity index (χ1v) is 18.2. The van der Waals surface area contributed by atoms with Crippen molar-refractivity contribution in [3.8, 4) is 0 Å². The molecule has 2 N–H and O–H groups in total. The fourth-order valence-electron chi connectivity index (χ4n) is 8.40. The fourth-order valence-corrected chi connectivity index (χ4v) is 9.90. The number of Topliss-reactive ketones (excluding diaryl/α,β-unsaturated/α-hetero) is 3. The van der Waals surface area contributed by atoms with Gasteiger partial charge in [0.05, 0.1) is 11.8 Å². The number of carbonyl (C=O) groups excluding carboxylic acids is 5. The number of rotatable bonds is 14. The van der Waals surface area contributed by atoms with Crippen LogP contribution in [-0.2, 0) is 33.8 Å². The number of hydrogen-bond acceptors (Lipinski definition) is 7. The van der Waals surface area contributed by atoms with Gasteiger partial charge in [-0.15, -0.1) is 0 Å². The Balaban J connectivity index is 1.54. The average molecular weight is 621 g/mol. The van der Waals surface area contributed by atoms with Crippen LogP contribution in [0.4, 0.5) is 0 Å². The number of ketones is 3. The minimum absolute atomic E-state index is 0.00551. The normalized spacial score (nSPS) is 27.6. The van der Waals surface area contributed by atoms with Gasteiger partial charge in [-0.2, -0.15) is 0 Å². The monoisotopic (exact) mass is 620 g/mol. The van der Waals surface area contributed by atoms with Gasteiger partial charge in [-0.25, -0.2) is 8.42 Å². The summed E-state index contributed by atoms with van der Waals surface area (Å²) < 4.78 is 24.6. The molecule has 2 amide bonds. The van der Waals surface area contributed by atoms with E-state index in [4.69, 9.17) is 5.73 Å². The highest BCUT2D eigenvalue weighted by atomic mass is 32.2. The van der Waals surface area contributed by atoms with Gasteiger partial charge >= 0.3 is 0 Å². The van der Waals surface area contributed by atoms with E-state index in [1.165, 1.54) is 6.26 Å². The summed E-state index contributed by atoms with van der Waals surface area (Å²) in [4.78, 5) is 68.0. The fraction of sp³-hybridized carbons (Fsp3) is 0.848. The molecule has 4 fully saturated rings. The molecule has 0 radical (unpaired) electrons. The van der Waals surface area contributed by atoms with Crippen LogP contribution in [0.15, 0.2) is 0 Å². The summed E-state index contributed by atoms with van der Waals surface area (Å²) in [5.74, 6) is -3.33. The molecule has 1 heterocycles. The summed E-state index contributed by atoms with van der Waals surface area (Å²) in [6.45, 7) is 10.4. The SMILES string of the molecule is CC(C)(C)[C@H](CC(=O)CC1(CS(C)(=O)=O)CCCCC1)C(=O)N1CC2[C@@H]([C@H]1C(=O)CC(CC1CC1)C(=O)C(N)=O)C2(C)C. The summed E-state index contributed by atoms with van der Waals surface area (Å²) in [6, 6.07) is -0.704. The molecule has 0 bridgehead atoms. The Kier molecular flexibility index (Phi) is 9.44. The quantitative estimate of drug-likeness (QED) is 0.290. The van der Waals surface area contributed by atoms with Crippen LogP contribution in [0.3, 0.4) is 0 Å². The third-order valence-corrected chi connectivity index (χ3v) is 12.2. The topological polar surface area (TPSA) is 149 Å². The van der Waals surface area contributed by atoms with E-state index in [9.17, 15) is 32.4 Å². The molecule has 2 unspecified atom stereocenters. The first-order valence-electron chi connectivity index (χ1n) is 16.1. The highest BCUT2D eigenvalue weighted by Gasteiger charge is 2.69. The van der Waals surface area contributed by atoms with E-state index >= 15 is 0 Å². The number of primary amides is 1. The van der Waals surface area contributed by atoms with Crippen molar-refractivity contribution in [2.24, 2.45) is 51.6 Å². The molecule has 1 saturated heterocycles. The summed E-state index contributed by atoms with van der Waals surface area (Å²) in [5.41, 5.74) is 4.05. The molecule has 3 aliphatic carbocycles. The second-order valence-corrected chi connectivity index (χ2v) is 18.3. The summed E-state index contributed by atoms with van der Waals surface area (Å²) in [5, 5.41) is 0. The summed E-state index contributed by atoms with van der Waals surface area (Å²) >= 11 is 0. The van der Waals surface area contributed by atoms with Crippen molar-refractivity contribution < 1.29 is 32.4 Å². The molecule has 3 saturated carbocycles. The van der Waals surface area contributed by atoms with E-state index in [1.54, 1.807) is 4.90 Å². The lowest BCUT2D eigenvalue weighted by atomic mass is 9.70. The lowest BCUT2D eigenvalue weighted by molar-refractivity contribution is -0.148. The Bertz CT molecular complexity index is 1250. The molecular weight excluding hydrogens is 568 g/mol. The number of carbonyl (C=O) groups is 5. The maximum Gasteiger partial charge on any atom is 0.285 e. The van der Waals surface area contributed by atoms with Crippen molar-refractivity contribution in [3.05, 3.63) is 0 Å². The van der Waals surface area contributed by atoms with Gasteiger partial charge in [0.25, 0.3) is 5.91 Å². The number of nitrogens with two attached hydrogens (primary N) is 1. The van der Waals surface area contributed by atoms with E-state index in [2.05, 4.69) is 13.8 Å². The Morgan fingerprint density at radius 1 is 0.977 bits per heavy atom. The summed E-state index contributed by atoms with van der Waals surface area (Å²) in [6.07, 6.45) is 7.81. The Labute approximate surface area is 257 Å². The highest BCUT2D eigenvalue weighted by molar-refractivity contribution is 7.90. The molecule has 10 heteroatoms. The number of nitrogens with zero attached hydrogens (tertiary/aromatic N) is 1. The molecule has 5 atom stereocenters. The number of fused-ring (bicyclic) bond motifs is 1. The van der Waals surface area contributed by atoms with E-state index < -0.39 is 50.2 Å². The number of amides is 2. The van der Waals surface area contributed by atoms with Crippen LogP contribution in [0.2, 0.25) is 0 Å². The highest BCUT2D eigenvalue weighted by Crippen LogP contribution is 2.65. The zero-order chi connectivity index (χ0) is 32.1. The van der Waals surface area contributed by atoms with Crippen LogP contribution >= 0.6 is 0 Å². The zero-order valence-electron chi connectivity index (χ0n) is 26.9. The van der Waals surface area contributed by atoms with Crippen molar-refractivity contribution >= 4 is 39.0 Å². The first-order chi connectivity index (χ1) is 19.8. The van der Waals surface area contributed by atoms with Crippen molar-refractivity contribution in [3.63, 3.8) is 0 Å². The van der Waals surface area contributed by atoms with Crippen LogP contribution in [0.1, 0.15) is 105 Å². The minimum Gasteiger partial charge on any atom is -0.363 e. The van der Waals surface area contributed by atoms with Crippen LogP contribution < -0.4 is 5.73 Å². The molecular formula is C33H52N2O7S. The lowest BCUT2D eigenvalue weighted by Gasteiger charge is -2.39. The van der Waals surface area contributed by atoms with E-state index in [0.29, 0.717) is 31.7 Å². The Hall–Kier alpha value is -2.10. The maximum atomic E-state index is 14.3. The van der Waals surface area contributed by atoms with Crippen molar-refractivity contribution in [1.82, 2.24) is 4.90 Å². The zero-order valence-corrected chi connectivity index (χ0v) is 27.8. The predicted molar refractivity (Wildman–Crippen MR) is 163 cm³/mol.